The molecule has 2 aromatic rings. The number of fused-ring (bicyclic) bond motifs is 3. The third kappa shape index (κ3) is 2.43. The number of anilines is 3. The van der Waals surface area contributed by atoms with Gasteiger partial charge in [-0.3, -0.25) is 14.5 Å². The lowest BCUT2D eigenvalue weighted by atomic mass is 9.97. The van der Waals surface area contributed by atoms with Crippen LogP contribution in [0.2, 0.25) is 0 Å². The predicted octanol–water partition coefficient (Wildman–Crippen LogP) is -0.312. The molecule has 2 aliphatic heterocycles. The fourth-order valence-electron chi connectivity index (χ4n) is 3.66. The Morgan fingerprint density at radius 3 is 2.57 bits per heavy atom. The number of esters is 1. The maximum absolute atomic E-state index is 13.1. The highest BCUT2D eigenvalue weighted by atomic mass is 16.5. The summed E-state index contributed by atoms with van der Waals surface area (Å²) < 4.78 is 5.37. The van der Waals surface area contributed by atoms with E-state index in [9.17, 15) is 14.4 Å². The molecule has 144 valence electrons. The Bertz CT molecular complexity index is 991. The maximum atomic E-state index is 13.1. The minimum absolute atomic E-state index is 0.0656. The topological polar surface area (TPSA) is 158 Å². The number of amides is 2. The second-order valence-electron chi connectivity index (χ2n) is 6.47. The summed E-state index contributed by atoms with van der Waals surface area (Å²) in [5, 5.41) is 0. The van der Waals surface area contributed by atoms with Gasteiger partial charge in [-0.1, -0.05) is 12.1 Å². The molecule has 1 fully saturated rings. The van der Waals surface area contributed by atoms with Gasteiger partial charge in [-0.05, 0) is 12.1 Å². The van der Waals surface area contributed by atoms with Crippen molar-refractivity contribution in [2.24, 2.45) is 0 Å². The van der Waals surface area contributed by atoms with E-state index in [1.54, 1.807) is 24.3 Å². The Morgan fingerprint density at radius 1 is 1.18 bits per heavy atom. The van der Waals surface area contributed by atoms with Crippen LogP contribution in [0.1, 0.15) is 29.0 Å². The van der Waals surface area contributed by atoms with E-state index in [0.29, 0.717) is 11.3 Å². The first kappa shape index (κ1) is 17.6. The summed E-state index contributed by atoms with van der Waals surface area (Å²) in [6, 6.07) is 6.66. The van der Waals surface area contributed by atoms with E-state index in [4.69, 9.17) is 16.2 Å². The summed E-state index contributed by atoms with van der Waals surface area (Å²) in [6.45, 7) is -0.330. The van der Waals surface area contributed by atoms with Gasteiger partial charge in [-0.2, -0.15) is 15.0 Å². The Hall–Kier alpha value is -3.76. The van der Waals surface area contributed by atoms with Crippen molar-refractivity contribution in [3.63, 3.8) is 0 Å². The van der Waals surface area contributed by atoms with Gasteiger partial charge in [-0.15, -0.1) is 0 Å². The van der Waals surface area contributed by atoms with E-state index >= 15 is 0 Å². The monoisotopic (exact) mass is 383 g/mol. The van der Waals surface area contributed by atoms with Gasteiger partial charge in [0.1, 0.15) is 0 Å². The van der Waals surface area contributed by atoms with Crippen LogP contribution in [0.3, 0.4) is 0 Å². The molecule has 1 unspecified atom stereocenters. The van der Waals surface area contributed by atoms with Gasteiger partial charge >= 0.3 is 5.97 Å². The quantitative estimate of drug-likeness (QED) is 0.678. The number of rotatable bonds is 3. The van der Waals surface area contributed by atoms with Crippen LogP contribution in [0.15, 0.2) is 24.3 Å². The summed E-state index contributed by atoms with van der Waals surface area (Å²) in [4.78, 5) is 52.5. The molecule has 0 aliphatic carbocycles. The summed E-state index contributed by atoms with van der Waals surface area (Å²) in [6.07, 6.45) is 0.218. The third-order valence-corrected chi connectivity index (χ3v) is 4.92. The zero-order chi connectivity index (χ0) is 20.1. The molecule has 2 amide bonds. The zero-order valence-electron chi connectivity index (χ0n) is 15.0. The van der Waals surface area contributed by atoms with Crippen LogP contribution in [-0.2, 0) is 20.9 Å². The van der Waals surface area contributed by atoms with Crippen molar-refractivity contribution in [1.29, 1.82) is 0 Å². The van der Waals surface area contributed by atoms with Crippen LogP contribution in [0, 0.1) is 0 Å². The Morgan fingerprint density at radius 2 is 1.86 bits per heavy atom. The number of nitrogens with zero attached hydrogens (tertiary/aromatic N) is 5. The smallest absolute Gasteiger partial charge is 0.354 e. The number of hydrogen-bond acceptors (Lipinski definition) is 9. The molecule has 11 nitrogen and oxygen atoms in total. The van der Waals surface area contributed by atoms with E-state index in [-0.39, 0.29) is 49.0 Å². The lowest BCUT2D eigenvalue weighted by Gasteiger charge is -2.46. The lowest BCUT2D eigenvalue weighted by Crippen LogP contribution is -2.67. The Balaban J connectivity index is 1.69. The first-order valence-corrected chi connectivity index (χ1v) is 8.48. The van der Waals surface area contributed by atoms with Crippen molar-refractivity contribution in [2.45, 2.75) is 25.1 Å². The zero-order valence-corrected chi connectivity index (χ0v) is 15.0. The molecule has 11 heteroatoms. The number of aromatic nitrogens is 3. The number of nitrogens with two attached hydrogens (primary N) is 2. The lowest BCUT2D eigenvalue weighted by molar-refractivity contribution is -0.158. The average molecular weight is 383 g/mol. The van der Waals surface area contributed by atoms with Crippen molar-refractivity contribution < 1.29 is 19.1 Å². The molecule has 0 saturated carbocycles. The van der Waals surface area contributed by atoms with Gasteiger partial charge in [0.2, 0.25) is 23.5 Å². The largest absolute Gasteiger partial charge is 0.454 e. The molecule has 3 heterocycles. The molecule has 1 aromatic heterocycles. The van der Waals surface area contributed by atoms with E-state index < -0.39 is 11.6 Å². The van der Waals surface area contributed by atoms with Crippen molar-refractivity contribution >= 4 is 35.4 Å². The van der Waals surface area contributed by atoms with Crippen LogP contribution in [-0.4, -0.2) is 50.3 Å². The Kier molecular flexibility index (Phi) is 3.87. The first-order valence-electron chi connectivity index (χ1n) is 8.48. The molecular formula is C17H17N7O4. The van der Waals surface area contributed by atoms with Gasteiger partial charge in [0, 0.05) is 19.9 Å². The van der Waals surface area contributed by atoms with Crippen molar-refractivity contribution in [2.75, 3.05) is 23.4 Å². The second kappa shape index (κ2) is 6.15. The van der Waals surface area contributed by atoms with E-state index in [1.807, 2.05) is 0 Å². The maximum Gasteiger partial charge on any atom is 0.354 e. The van der Waals surface area contributed by atoms with E-state index in [0.717, 1.165) is 0 Å². The van der Waals surface area contributed by atoms with Crippen LogP contribution < -0.4 is 16.4 Å². The van der Waals surface area contributed by atoms with Crippen LogP contribution in [0.5, 0.6) is 0 Å². The van der Waals surface area contributed by atoms with Gasteiger partial charge in [0.05, 0.1) is 11.3 Å². The normalized spacial score (nSPS) is 20.8. The van der Waals surface area contributed by atoms with Gasteiger partial charge in [0.15, 0.2) is 12.4 Å². The van der Waals surface area contributed by atoms with Crippen LogP contribution in [0.4, 0.5) is 17.6 Å². The Labute approximate surface area is 159 Å². The van der Waals surface area contributed by atoms with Crippen LogP contribution >= 0.6 is 0 Å². The third-order valence-electron chi connectivity index (χ3n) is 4.92. The number of nitrogen functional groups attached to an aromatic ring is 2. The summed E-state index contributed by atoms with van der Waals surface area (Å²) in [5.41, 5.74) is 10.2. The highest BCUT2D eigenvalue weighted by molar-refractivity contribution is 6.15. The van der Waals surface area contributed by atoms with E-state index in [2.05, 4.69) is 15.0 Å². The van der Waals surface area contributed by atoms with Crippen molar-refractivity contribution in [1.82, 2.24) is 19.9 Å². The minimum Gasteiger partial charge on any atom is -0.454 e. The van der Waals surface area contributed by atoms with Gasteiger partial charge < -0.3 is 21.1 Å². The highest BCUT2D eigenvalue weighted by Gasteiger charge is 2.60. The molecule has 0 bridgehead atoms. The number of para-hydroxylation sites is 1. The fourth-order valence-corrected chi connectivity index (χ4v) is 3.66. The SMILES string of the molecule is CN1C(=O)c2ccccc2N2C(=O)CCC12C(=O)OCc1nc(N)nc(N)n1. The predicted molar refractivity (Wildman–Crippen MR) is 96.4 cm³/mol. The number of hydrogen-bond donors (Lipinski definition) is 2. The van der Waals surface area contributed by atoms with Crippen LogP contribution in [0.25, 0.3) is 0 Å². The van der Waals surface area contributed by atoms with Crippen molar-refractivity contribution in [3.05, 3.63) is 35.7 Å². The molecule has 1 atom stereocenters. The fraction of sp³-hybridized carbons (Fsp3) is 0.294. The number of ether oxygens (including phenoxy) is 1. The molecule has 1 saturated heterocycles. The molecule has 1 aromatic carbocycles. The molecule has 2 aliphatic rings. The number of carbonyl (C=O) groups is 3. The van der Waals surface area contributed by atoms with Gasteiger partial charge in [0.25, 0.3) is 5.91 Å². The highest BCUT2D eigenvalue weighted by Crippen LogP contribution is 2.44. The standard InChI is InChI=1S/C17H17N7O4/c1-23-13(26)9-4-2-3-5-10(9)24-12(25)6-7-17(23,24)14(27)28-8-11-20-15(18)22-16(19)21-11/h2-5H,6-8H2,1H3,(H4,18,19,20,21,22). The summed E-state index contributed by atoms with van der Waals surface area (Å²) >= 11 is 0. The summed E-state index contributed by atoms with van der Waals surface area (Å²) in [7, 11) is 1.48. The molecular weight excluding hydrogens is 366 g/mol. The van der Waals surface area contributed by atoms with E-state index in [1.165, 1.54) is 16.8 Å². The molecule has 0 radical (unpaired) electrons. The van der Waals surface area contributed by atoms with Gasteiger partial charge in [-0.25, -0.2) is 4.79 Å². The average Bonchev–Trinajstić information content (AvgIpc) is 3.02. The molecule has 0 spiro atoms. The molecule has 4 rings (SSSR count). The van der Waals surface area contributed by atoms with Crippen molar-refractivity contribution in [3.8, 4) is 0 Å². The number of carbonyl (C=O) groups excluding carboxylic acids is 3. The minimum atomic E-state index is -1.56. The summed E-state index contributed by atoms with van der Waals surface area (Å²) in [5.74, 6) is -1.54. The number of benzene rings is 1. The number of likely N-dealkylation sites (N-methyl/N-ethyl adjacent to an activating group) is 1. The second-order valence-corrected chi connectivity index (χ2v) is 6.47. The molecule has 28 heavy (non-hydrogen) atoms. The first-order chi connectivity index (χ1) is 13.3. The molecule has 4 N–H and O–H groups in total.